The number of urea groups is 1. The second kappa shape index (κ2) is 9.37. The first-order valence-electron chi connectivity index (χ1n) is 6.95. The third-order valence-electron chi connectivity index (χ3n) is 3.13. The topological polar surface area (TPSA) is 75.4 Å². The summed E-state index contributed by atoms with van der Waals surface area (Å²) in [7, 11) is 0. The number of nitrogens with two attached hydrogens (primary N) is 1. The summed E-state index contributed by atoms with van der Waals surface area (Å²) < 4.78 is 0. The minimum Gasteiger partial charge on any atom is -0.350 e. The molecule has 2 amide bonds. The Morgan fingerprint density at radius 1 is 1.30 bits per heavy atom. The number of nitrogens with one attached hydrogen (secondary N) is 1. The Morgan fingerprint density at radius 3 is 2.45 bits per heavy atom. The van der Waals surface area contributed by atoms with Crippen LogP contribution in [0.2, 0.25) is 0 Å². The number of allylic oxidation sites excluding steroid dienone is 6. The standard InChI is InChI=1S/C15H24.CH4N2O2/c1-13-7-5-8-14(2)10-12-15(3,4)11-6-9-13;2-1(4)3-5/h6-7,10-11H,5,8-9,12H2,1-4H3;5H,(H3,2,3,4). The molecule has 0 aromatic heterocycles. The van der Waals surface area contributed by atoms with Gasteiger partial charge < -0.3 is 5.73 Å². The molecule has 0 saturated carbocycles. The van der Waals surface area contributed by atoms with E-state index in [4.69, 9.17) is 5.21 Å². The largest absolute Gasteiger partial charge is 0.350 e. The molecular weight excluding hydrogens is 252 g/mol. The first kappa shape index (κ1) is 18.4. The van der Waals surface area contributed by atoms with Gasteiger partial charge in [0.1, 0.15) is 0 Å². The van der Waals surface area contributed by atoms with Crippen LogP contribution in [0.15, 0.2) is 35.5 Å². The molecular formula is C16H28N2O2. The maximum atomic E-state index is 9.23. The lowest BCUT2D eigenvalue weighted by molar-refractivity contribution is 0.169. The van der Waals surface area contributed by atoms with Crippen molar-refractivity contribution in [3.63, 3.8) is 0 Å². The zero-order valence-corrected chi connectivity index (χ0v) is 13.1. The first-order valence-corrected chi connectivity index (χ1v) is 6.95. The molecule has 4 nitrogen and oxygen atoms in total. The number of hydroxylamine groups is 1. The molecule has 1 aliphatic carbocycles. The van der Waals surface area contributed by atoms with Crippen LogP contribution < -0.4 is 11.2 Å². The van der Waals surface area contributed by atoms with Crippen molar-refractivity contribution < 1.29 is 10.0 Å². The molecule has 1 rings (SSSR count). The molecule has 4 N–H and O–H groups in total. The van der Waals surface area contributed by atoms with Crippen molar-refractivity contribution in [3.05, 3.63) is 35.5 Å². The smallest absolute Gasteiger partial charge is 0.335 e. The molecule has 0 spiro atoms. The molecule has 0 bridgehead atoms. The maximum Gasteiger partial charge on any atom is 0.335 e. The minimum absolute atomic E-state index is 0.311. The number of rotatable bonds is 0. The van der Waals surface area contributed by atoms with Crippen LogP contribution in [0.1, 0.15) is 53.4 Å². The van der Waals surface area contributed by atoms with Crippen LogP contribution in [-0.4, -0.2) is 11.2 Å². The number of carbonyl (C=O) groups is 1. The van der Waals surface area contributed by atoms with Crippen LogP contribution >= 0.6 is 0 Å². The Labute approximate surface area is 122 Å². The van der Waals surface area contributed by atoms with E-state index in [1.165, 1.54) is 29.5 Å². The summed E-state index contributed by atoms with van der Waals surface area (Å²) in [6, 6.07) is -0.940. The van der Waals surface area contributed by atoms with Gasteiger partial charge in [0, 0.05) is 0 Å². The number of hydrogen-bond donors (Lipinski definition) is 3. The Kier molecular flexibility index (Phi) is 8.64. The highest BCUT2D eigenvalue weighted by Gasteiger charge is 2.11. The Bertz CT molecular complexity index is 393. The van der Waals surface area contributed by atoms with Crippen LogP contribution in [0.3, 0.4) is 0 Å². The van der Waals surface area contributed by atoms with E-state index in [9.17, 15) is 4.79 Å². The highest BCUT2D eigenvalue weighted by Crippen LogP contribution is 2.25. The van der Waals surface area contributed by atoms with E-state index in [-0.39, 0.29) is 0 Å². The molecule has 0 saturated heterocycles. The number of carbonyl (C=O) groups excluding carboxylic acids is 1. The fourth-order valence-electron chi connectivity index (χ4n) is 1.80. The highest BCUT2D eigenvalue weighted by molar-refractivity contribution is 5.69. The van der Waals surface area contributed by atoms with Crippen molar-refractivity contribution in [2.24, 2.45) is 11.1 Å². The van der Waals surface area contributed by atoms with E-state index in [1.807, 2.05) is 0 Å². The van der Waals surface area contributed by atoms with E-state index < -0.39 is 6.03 Å². The highest BCUT2D eigenvalue weighted by atomic mass is 16.5. The third-order valence-corrected chi connectivity index (χ3v) is 3.13. The Balaban J connectivity index is 0.000000621. The normalized spacial score (nSPS) is 18.6. The Morgan fingerprint density at radius 2 is 1.90 bits per heavy atom. The van der Waals surface area contributed by atoms with Crippen LogP contribution in [0.4, 0.5) is 4.79 Å². The lowest BCUT2D eigenvalue weighted by atomic mass is 9.87. The summed E-state index contributed by atoms with van der Waals surface area (Å²) in [5.74, 6) is 0. The van der Waals surface area contributed by atoms with Gasteiger partial charge in [-0.1, -0.05) is 49.3 Å². The van der Waals surface area contributed by atoms with Gasteiger partial charge in [-0.15, -0.1) is 0 Å². The van der Waals surface area contributed by atoms with Crippen molar-refractivity contribution >= 4 is 6.03 Å². The molecule has 0 fully saturated rings. The maximum absolute atomic E-state index is 9.23. The summed E-state index contributed by atoms with van der Waals surface area (Å²) >= 11 is 0. The first-order chi connectivity index (χ1) is 9.26. The number of primary amides is 1. The predicted octanol–water partition coefficient (Wildman–Crippen LogP) is 4.08. The molecule has 4 heteroatoms. The van der Waals surface area contributed by atoms with Gasteiger partial charge in [-0.05, 0) is 44.9 Å². The summed E-state index contributed by atoms with van der Waals surface area (Å²) in [6.45, 7) is 9.10. The van der Waals surface area contributed by atoms with Gasteiger partial charge in [-0.25, -0.2) is 10.3 Å². The van der Waals surface area contributed by atoms with Crippen molar-refractivity contribution in [2.75, 3.05) is 0 Å². The number of amides is 2. The summed E-state index contributed by atoms with van der Waals surface area (Å²) in [6.07, 6.45) is 14.1. The van der Waals surface area contributed by atoms with Gasteiger partial charge in [-0.2, -0.15) is 0 Å². The summed E-state index contributed by atoms with van der Waals surface area (Å²) in [4.78, 5) is 9.23. The monoisotopic (exact) mass is 280 g/mol. The molecule has 114 valence electrons. The Hall–Kier alpha value is -1.55. The lowest BCUT2D eigenvalue weighted by Crippen LogP contribution is -2.25. The average molecular weight is 280 g/mol. The van der Waals surface area contributed by atoms with Gasteiger partial charge >= 0.3 is 6.03 Å². The van der Waals surface area contributed by atoms with E-state index >= 15 is 0 Å². The van der Waals surface area contributed by atoms with Crippen molar-refractivity contribution in [1.82, 2.24) is 5.48 Å². The van der Waals surface area contributed by atoms with Crippen LogP contribution in [0, 0.1) is 5.41 Å². The second-order valence-corrected chi connectivity index (χ2v) is 5.91. The van der Waals surface area contributed by atoms with E-state index in [0.717, 1.165) is 12.8 Å². The molecule has 0 aromatic rings. The quantitative estimate of drug-likeness (QED) is 0.355. The number of hydrogen-bond acceptors (Lipinski definition) is 2. The zero-order chi connectivity index (χ0) is 15.6. The van der Waals surface area contributed by atoms with Crippen LogP contribution in [0.5, 0.6) is 0 Å². The lowest BCUT2D eigenvalue weighted by Gasteiger charge is -2.18. The molecule has 0 aliphatic heterocycles. The van der Waals surface area contributed by atoms with Crippen molar-refractivity contribution in [2.45, 2.75) is 53.4 Å². The molecule has 0 aromatic carbocycles. The van der Waals surface area contributed by atoms with Crippen molar-refractivity contribution in [1.29, 1.82) is 0 Å². The van der Waals surface area contributed by atoms with Gasteiger partial charge in [0.25, 0.3) is 0 Å². The zero-order valence-electron chi connectivity index (χ0n) is 13.1. The fourth-order valence-corrected chi connectivity index (χ4v) is 1.80. The average Bonchev–Trinajstić information content (AvgIpc) is 2.38. The third kappa shape index (κ3) is 10.4. The molecule has 0 unspecified atom stereocenters. The van der Waals surface area contributed by atoms with Gasteiger partial charge in [0.15, 0.2) is 0 Å². The molecule has 0 radical (unpaired) electrons. The minimum atomic E-state index is -0.940. The van der Waals surface area contributed by atoms with E-state index in [1.54, 1.807) is 0 Å². The van der Waals surface area contributed by atoms with Crippen LogP contribution in [0.25, 0.3) is 0 Å². The van der Waals surface area contributed by atoms with E-state index in [0.29, 0.717) is 5.41 Å². The van der Waals surface area contributed by atoms with Gasteiger partial charge in [0.2, 0.25) is 0 Å². The fraction of sp³-hybridized carbons (Fsp3) is 0.562. The van der Waals surface area contributed by atoms with Crippen molar-refractivity contribution in [3.8, 4) is 0 Å². The van der Waals surface area contributed by atoms with E-state index in [2.05, 4.69) is 57.7 Å². The molecule has 1 aliphatic rings. The second-order valence-electron chi connectivity index (χ2n) is 5.91. The van der Waals surface area contributed by atoms with Gasteiger partial charge in [0.05, 0.1) is 0 Å². The SMILES string of the molecule is CC1=CCCC(C)=CCC(C)(C)C=CC1.NC(=O)NO. The molecule has 20 heavy (non-hydrogen) atoms. The summed E-state index contributed by atoms with van der Waals surface area (Å²) in [5.41, 5.74) is 8.80. The van der Waals surface area contributed by atoms with Crippen LogP contribution in [-0.2, 0) is 0 Å². The van der Waals surface area contributed by atoms with Gasteiger partial charge in [-0.3, -0.25) is 5.21 Å². The molecule has 0 atom stereocenters. The summed E-state index contributed by atoms with van der Waals surface area (Å²) in [5, 5.41) is 7.42. The predicted molar refractivity (Wildman–Crippen MR) is 83.4 cm³/mol. The molecule has 0 heterocycles.